The third kappa shape index (κ3) is 3.07. The lowest BCUT2D eigenvalue weighted by molar-refractivity contribution is 0.0703. The minimum atomic E-state index is -0.541. The molecule has 0 saturated carbocycles. The van der Waals surface area contributed by atoms with Gasteiger partial charge in [-0.1, -0.05) is 12.2 Å². The van der Waals surface area contributed by atoms with Gasteiger partial charge < -0.3 is 15.4 Å². The molecule has 0 aromatic heterocycles. The van der Waals surface area contributed by atoms with Gasteiger partial charge in [0.1, 0.15) is 0 Å². The monoisotopic (exact) mass is 296 g/mol. The first kappa shape index (κ1) is 14.7. The molecular weight excluding hydrogens is 279 g/mol. The molecule has 108 valence electrons. The molecule has 1 aliphatic rings. The highest BCUT2D eigenvalue weighted by molar-refractivity contribution is 7.80. The number of benzene rings is 1. The smallest absolute Gasteiger partial charge is 0.253 e. The highest BCUT2D eigenvalue weighted by atomic mass is 32.1. The number of ether oxygens (including phenoxy) is 1. The average Bonchev–Trinajstić information content (AvgIpc) is 2.46. The quantitative estimate of drug-likeness (QED) is 0.867. The summed E-state index contributed by atoms with van der Waals surface area (Å²) in [5.41, 5.74) is 5.96. The van der Waals surface area contributed by atoms with E-state index < -0.39 is 5.82 Å². The minimum Gasteiger partial charge on any atom is -0.494 e. The number of hydrogen-bond donors (Lipinski definition) is 1. The largest absolute Gasteiger partial charge is 0.494 e. The molecule has 0 radical (unpaired) electrons. The Morgan fingerprint density at radius 2 is 2.30 bits per heavy atom. The zero-order chi connectivity index (χ0) is 14.7. The molecule has 20 heavy (non-hydrogen) atoms. The summed E-state index contributed by atoms with van der Waals surface area (Å²) in [7, 11) is 1.39. The Kier molecular flexibility index (Phi) is 4.54. The second kappa shape index (κ2) is 6.17. The van der Waals surface area contributed by atoms with E-state index in [1.54, 1.807) is 11.0 Å². The lowest BCUT2D eigenvalue weighted by Gasteiger charge is -2.32. The SMILES string of the molecule is COc1ccc(C(=O)N2CCCC(C(N)=S)C2)cc1F. The van der Waals surface area contributed by atoms with Gasteiger partial charge in [0.2, 0.25) is 0 Å². The van der Waals surface area contributed by atoms with Crippen molar-refractivity contribution < 1.29 is 13.9 Å². The third-order valence-electron chi connectivity index (χ3n) is 3.51. The molecule has 1 aromatic rings. The summed E-state index contributed by atoms with van der Waals surface area (Å²) in [6, 6.07) is 4.22. The molecule has 6 heteroatoms. The summed E-state index contributed by atoms with van der Waals surface area (Å²) in [5, 5.41) is 0. The molecule has 1 fully saturated rings. The van der Waals surface area contributed by atoms with E-state index in [-0.39, 0.29) is 17.6 Å². The Labute approximate surface area is 122 Å². The van der Waals surface area contributed by atoms with Crippen molar-refractivity contribution in [2.75, 3.05) is 20.2 Å². The van der Waals surface area contributed by atoms with Gasteiger partial charge in [-0.3, -0.25) is 4.79 Å². The van der Waals surface area contributed by atoms with Crippen LogP contribution in [0.2, 0.25) is 0 Å². The van der Waals surface area contributed by atoms with Crippen LogP contribution < -0.4 is 10.5 Å². The van der Waals surface area contributed by atoms with Crippen LogP contribution in [0.3, 0.4) is 0 Å². The predicted octanol–water partition coefficient (Wildman–Crippen LogP) is 1.97. The van der Waals surface area contributed by atoms with Crippen molar-refractivity contribution in [3.63, 3.8) is 0 Å². The van der Waals surface area contributed by atoms with Crippen LogP contribution in [0.15, 0.2) is 18.2 Å². The van der Waals surface area contributed by atoms with Crippen LogP contribution in [0.25, 0.3) is 0 Å². The van der Waals surface area contributed by atoms with Gasteiger partial charge in [-0.25, -0.2) is 4.39 Å². The van der Waals surface area contributed by atoms with E-state index in [4.69, 9.17) is 22.7 Å². The van der Waals surface area contributed by atoms with Crippen LogP contribution >= 0.6 is 12.2 Å². The number of rotatable bonds is 3. The highest BCUT2D eigenvalue weighted by Crippen LogP contribution is 2.22. The Morgan fingerprint density at radius 3 is 2.90 bits per heavy atom. The summed E-state index contributed by atoms with van der Waals surface area (Å²) in [6.45, 7) is 1.15. The number of hydrogen-bond acceptors (Lipinski definition) is 3. The normalized spacial score (nSPS) is 18.7. The zero-order valence-electron chi connectivity index (χ0n) is 11.3. The summed E-state index contributed by atoms with van der Waals surface area (Å²) in [4.78, 5) is 14.5. The first-order valence-electron chi connectivity index (χ1n) is 6.45. The van der Waals surface area contributed by atoms with Crippen molar-refractivity contribution in [2.45, 2.75) is 12.8 Å². The van der Waals surface area contributed by atoms with Crippen LogP contribution in [0.4, 0.5) is 4.39 Å². The number of piperidine rings is 1. The molecule has 2 N–H and O–H groups in total. The van der Waals surface area contributed by atoms with Crippen LogP contribution in [0.1, 0.15) is 23.2 Å². The molecule has 4 nitrogen and oxygen atoms in total. The second-order valence-corrected chi connectivity index (χ2v) is 5.31. The molecule has 1 aromatic carbocycles. The molecule has 1 heterocycles. The topological polar surface area (TPSA) is 55.6 Å². The number of likely N-dealkylation sites (tertiary alicyclic amines) is 1. The summed E-state index contributed by atoms with van der Waals surface area (Å²) >= 11 is 4.99. The first-order valence-corrected chi connectivity index (χ1v) is 6.86. The van der Waals surface area contributed by atoms with Gasteiger partial charge >= 0.3 is 0 Å². The number of halogens is 1. The van der Waals surface area contributed by atoms with Gasteiger partial charge in [-0.2, -0.15) is 0 Å². The van der Waals surface area contributed by atoms with Crippen molar-refractivity contribution in [3.05, 3.63) is 29.6 Å². The zero-order valence-corrected chi connectivity index (χ0v) is 12.1. The van der Waals surface area contributed by atoms with Gasteiger partial charge in [0.15, 0.2) is 11.6 Å². The number of nitrogens with zero attached hydrogens (tertiary/aromatic N) is 1. The molecule has 2 rings (SSSR count). The van der Waals surface area contributed by atoms with Crippen molar-refractivity contribution in [2.24, 2.45) is 11.7 Å². The lowest BCUT2D eigenvalue weighted by Crippen LogP contribution is -2.43. The van der Waals surface area contributed by atoms with E-state index in [0.717, 1.165) is 12.8 Å². The number of amides is 1. The molecular formula is C14H17FN2O2S. The second-order valence-electron chi connectivity index (χ2n) is 4.84. The number of nitrogens with two attached hydrogens (primary N) is 1. The molecule has 0 aliphatic carbocycles. The van der Waals surface area contributed by atoms with Crippen molar-refractivity contribution in [3.8, 4) is 5.75 Å². The number of thiocarbonyl (C=S) groups is 1. The van der Waals surface area contributed by atoms with E-state index in [0.29, 0.717) is 23.6 Å². The summed E-state index contributed by atoms with van der Waals surface area (Å²) in [5.74, 6) is -0.569. The van der Waals surface area contributed by atoms with Gasteiger partial charge in [0.05, 0.1) is 12.1 Å². The maximum atomic E-state index is 13.6. The van der Waals surface area contributed by atoms with E-state index >= 15 is 0 Å². The fourth-order valence-electron chi connectivity index (χ4n) is 2.38. The van der Waals surface area contributed by atoms with Crippen molar-refractivity contribution >= 4 is 23.1 Å². The molecule has 1 atom stereocenters. The van der Waals surface area contributed by atoms with Gasteiger partial charge in [0.25, 0.3) is 5.91 Å². The molecule has 1 aliphatic heterocycles. The van der Waals surface area contributed by atoms with Crippen molar-refractivity contribution in [1.29, 1.82) is 0 Å². The third-order valence-corrected chi connectivity index (χ3v) is 3.84. The van der Waals surface area contributed by atoms with Crippen LogP contribution in [0.5, 0.6) is 5.75 Å². The average molecular weight is 296 g/mol. The highest BCUT2D eigenvalue weighted by Gasteiger charge is 2.26. The predicted molar refractivity (Wildman–Crippen MR) is 78.4 cm³/mol. The molecule has 0 spiro atoms. The van der Waals surface area contributed by atoms with E-state index in [1.165, 1.54) is 19.2 Å². The minimum absolute atomic E-state index is 0.0470. The van der Waals surface area contributed by atoms with E-state index in [9.17, 15) is 9.18 Å². The van der Waals surface area contributed by atoms with Gasteiger partial charge in [-0.05, 0) is 31.0 Å². The van der Waals surface area contributed by atoms with Gasteiger partial charge in [-0.15, -0.1) is 0 Å². The number of carbonyl (C=O) groups is 1. The van der Waals surface area contributed by atoms with E-state index in [2.05, 4.69) is 0 Å². The molecule has 1 unspecified atom stereocenters. The summed E-state index contributed by atoms with van der Waals surface area (Å²) < 4.78 is 18.5. The fourth-order valence-corrected chi connectivity index (χ4v) is 2.57. The van der Waals surface area contributed by atoms with E-state index in [1.807, 2.05) is 0 Å². The van der Waals surface area contributed by atoms with Gasteiger partial charge in [0, 0.05) is 24.6 Å². The number of carbonyl (C=O) groups excluding carboxylic acids is 1. The molecule has 0 bridgehead atoms. The maximum Gasteiger partial charge on any atom is 0.253 e. The Morgan fingerprint density at radius 1 is 1.55 bits per heavy atom. The first-order chi connectivity index (χ1) is 9.52. The maximum absolute atomic E-state index is 13.6. The summed E-state index contributed by atoms with van der Waals surface area (Å²) in [6.07, 6.45) is 1.75. The lowest BCUT2D eigenvalue weighted by atomic mass is 9.97. The van der Waals surface area contributed by atoms with Crippen LogP contribution in [-0.4, -0.2) is 36.0 Å². The molecule has 1 amide bonds. The Hall–Kier alpha value is -1.69. The van der Waals surface area contributed by atoms with Crippen molar-refractivity contribution in [1.82, 2.24) is 4.90 Å². The van der Waals surface area contributed by atoms with Crippen LogP contribution in [-0.2, 0) is 0 Å². The Bertz CT molecular complexity index is 536. The Balaban J connectivity index is 2.14. The van der Waals surface area contributed by atoms with Crippen LogP contribution in [0, 0.1) is 11.7 Å². The fraction of sp³-hybridized carbons (Fsp3) is 0.429. The standard InChI is InChI=1S/C14H17FN2O2S/c1-19-12-5-4-9(7-11(12)15)14(18)17-6-2-3-10(8-17)13(16)20/h4-5,7,10H,2-3,6,8H2,1H3,(H2,16,20). The molecule has 1 saturated heterocycles. The number of methoxy groups -OCH3 is 1.